The zero-order valence-electron chi connectivity index (χ0n) is 16.9. The molecule has 0 aliphatic carbocycles. The van der Waals surface area contributed by atoms with Gasteiger partial charge in [0, 0.05) is 31.1 Å². The number of aromatic nitrogens is 1. The van der Waals surface area contributed by atoms with Crippen molar-refractivity contribution in [1.82, 2.24) is 15.7 Å². The molecule has 2 aromatic carbocycles. The number of amides is 3. The van der Waals surface area contributed by atoms with Crippen molar-refractivity contribution in [2.24, 2.45) is 0 Å². The van der Waals surface area contributed by atoms with Gasteiger partial charge in [0.25, 0.3) is 5.91 Å². The van der Waals surface area contributed by atoms with E-state index in [1.807, 2.05) is 32.0 Å². The van der Waals surface area contributed by atoms with Crippen LogP contribution in [0.15, 0.2) is 60.8 Å². The van der Waals surface area contributed by atoms with E-state index >= 15 is 0 Å². The van der Waals surface area contributed by atoms with Crippen molar-refractivity contribution in [3.8, 4) is 11.5 Å². The number of nitrogens with one attached hydrogen (secondary N) is 4. The second-order valence-electron chi connectivity index (χ2n) is 6.61. The fraction of sp³-hybridized carbons (Fsp3) is 0.136. The molecule has 0 saturated carbocycles. The molecule has 0 aliphatic rings. The van der Waals surface area contributed by atoms with Crippen LogP contribution in [-0.2, 0) is 0 Å². The standard InChI is InChI=1S/C22H23N5O3/c1-14-7-8-15(2)19(11-14)25-22(29)27-26-16-5-4-6-17(12-16)30-18-9-10-24-20(13-18)21(28)23-3/h4-13,26H,1-3H3,(H,23,28)(H2,25,27,29). The summed E-state index contributed by atoms with van der Waals surface area (Å²) < 4.78 is 5.80. The molecule has 1 heterocycles. The molecule has 8 heteroatoms. The first-order chi connectivity index (χ1) is 14.4. The first-order valence-corrected chi connectivity index (χ1v) is 9.31. The first kappa shape index (κ1) is 20.7. The number of hydrogen-bond donors (Lipinski definition) is 4. The summed E-state index contributed by atoms with van der Waals surface area (Å²) in [4.78, 5) is 27.9. The highest BCUT2D eigenvalue weighted by Crippen LogP contribution is 2.24. The Balaban J connectivity index is 1.61. The number of hydrazine groups is 1. The van der Waals surface area contributed by atoms with Gasteiger partial charge in [0.1, 0.15) is 17.2 Å². The zero-order chi connectivity index (χ0) is 21.5. The Bertz CT molecular complexity index is 1070. The van der Waals surface area contributed by atoms with E-state index in [9.17, 15) is 9.59 Å². The van der Waals surface area contributed by atoms with Crippen LogP contribution in [0.1, 0.15) is 21.6 Å². The molecule has 0 saturated heterocycles. The number of carbonyl (C=O) groups is 2. The van der Waals surface area contributed by atoms with E-state index in [1.165, 1.54) is 13.2 Å². The number of rotatable bonds is 6. The summed E-state index contributed by atoms with van der Waals surface area (Å²) in [5.74, 6) is 0.710. The Morgan fingerprint density at radius 1 is 0.967 bits per heavy atom. The monoisotopic (exact) mass is 405 g/mol. The Morgan fingerprint density at radius 3 is 2.57 bits per heavy atom. The van der Waals surface area contributed by atoms with Crippen LogP contribution >= 0.6 is 0 Å². The average Bonchev–Trinajstić information content (AvgIpc) is 2.75. The largest absolute Gasteiger partial charge is 0.457 e. The van der Waals surface area contributed by atoms with Crippen LogP contribution in [0.4, 0.5) is 16.2 Å². The van der Waals surface area contributed by atoms with Crippen molar-refractivity contribution >= 4 is 23.3 Å². The van der Waals surface area contributed by atoms with Gasteiger partial charge in [-0.3, -0.25) is 20.6 Å². The van der Waals surface area contributed by atoms with Gasteiger partial charge < -0.3 is 15.4 Å². The molecular formula is C22H23N5O3. The summed E-state index contributed by atoms with van der Waals surface area (Å²) in [6, 6.07) is 15.7. The second kappa shape index (κ2) is 9.42. The minimum Gasteiger partial charge on any atom is -0.457 e. The molecule has 3 rings (SSSR count). The lowest BCUT2D eigenvalue weighted by atomic mass is 10.1. The number of nitrogens with zero attached hydrogens (tertiary/aromatic N) is 1. The molecule has 30 heavy (non-hydrogen) atoms. The van der Waals surface area contributed by atoms with Gasteiger partial charge in [-0.1, -0.05) is 18.2 Å². The molecule has 4 N–H and O–H groups in total. The Hall–Kier alpha value is -4.07. The van der Waals surface area contributed by atoms with E-state index in [0.717, 1.165) is 16.8 Å². The van der Waals surface area contributed by atoms with E-state index < -0.39 is 0 Å². The molecule has 154 valence electrons. The number of benzene rings is 2. The number of aryl methyl sites for hydroxylation is 2. The van der Waals surface area contributed by atoms with Crippen molar-refractivity contribution in [1.29, 1.82) is 0 Å². The lowest BCUT2D eigenvalue weighted by Crippen LogP contribution is -2.33. The van der Waals surface area contributed by atoms with Crippen molar-refractivity contribution < 1.29 is 14.3 Å². The Kier molecular flexibility index (Phi) is 6.49. The van der Waals surface area contributed by atoms with Gasteiger partial charge in [-0.25, -0.2) is 4.79 Å². The predicted molar refractivity (Wildman–Crippen MR) is 116 cm³/mol. The van der Waals surface area contributed by atoms with Crippen LogP contribution in [0.2, 0.25) is 0 Å². The third-order valence-corrected chi connectivity index (χ3v) is 4.22. The summed E-state index contributed by atoms with van der Waals surface area (Å²) in [5, 5.41) is 5.33. The number of urea groups is 1. The second-order valence-corrected chi connectivity index (χ2v) is 6.61. The van der Waals surface area contributed by atoms with Crippen LogP contribution < -0.4 is 26.2 Å². The van der Waals surface area contributed by atoms with Crippen molar-refractivity contribution in [2.45, 2.75) is 13.8 Å². The van der Waals surface area contributed by atoms with E-state index in [-0.39, 0.29) is 17.6 Å². The highest BCUT2D eigenvalue weighted by atomic mass is 16.5. The maximum Gasteiger partial charge on any atom is 0.337 e. The molecule has 0 aliphatic heterocycles. The van der Waals surface area contributed by atoms with E-state index in [0.29, 0.717) is 17.2 Å². The van der Waals surface area contributed by atoms with Crippen LogP contribution in [0.5, 0.6) is 11.5 Å². The third kappa shape index (κ3) is 5.48. The van der Waals surface area contributed by atoms with Gasteiger partial charge in [0.2, 0.25) is 0 Å². The van der Waals surface area contributed by atoms with Crippen molar-refractivity contribution in [3.05, 3.63) is 77.6 Å². The highest BCUT2D eigenvalue weighted by molar-refractivity contribution is 5.92. The average molecular weight is 405 g/mol. The minimum atomic E-state index is -0.389. The summed E-state index contributed by atoms with van der Waals surface area (Å²) >= 11 is 0. The molecule has 1 aromatic heterocycles. The molecule has 3 aromatic rings. The quantitative estimate of drug-likeness (QED) is 0.464. The summed E-state index contributed by atoms with van der Waals surface area (Å²) in [6.45, 7) is 3.89. The zero-order valence-corrected chi connectivity index (χ0v) is 16.9. The molecule has 0 unspecified atom stereocenters. The van der Waals surface area contributed by atoms with Gasteiger partial charge >= 0.3 is 6.03 Å². The molecule has 0 spiro atoms. The fourth-order valence-electron chi connectivity index (χ4n) is 2.65. The number of hydrogen-bond acceptors (Lipinski definition) is 5. The van der Waals surface area contributed by atoms with Gasteiger partial charge in [0.05, 0.1) is 5.69 Å². The number of pyridine rings is 1. The molecule has 0 atom stereocenters. The van der Waals surface area contributed by atoms with Crippen LogP contribution in [0, 0.1) is 13.8 Å². The molecule has 0 bridgehead atoms. The third-order valence-electron chi connectivity index (χ3n) is 4.22. The molecule has 8 nitrogen and oxygen atoms in total. The summed E-state index contributed by atoms with van der Waals surface area (Å²) in [7, 11) is 1.54. The number of anilines is 2. The van der Waals surface area contributed by atoms with Crippen molar-refractivity contribution in [2.75, 3.05) is 17.8 Å². The molecule has 0 fully saturated rings. The van der Waals surface area contributed by atoms with Crippen LogP contribution in [0.3, 0.4) is 0 Å². The van der Waals surface area contributed by atoms with Gasteiger partial charge in [0.15, 0.2) is 0 Å². The Morgan fingerprint density at radius 2 is 1.77 bits per heavy atom. The van der Waals surface area contributed by atoms with Gasteiger partial charge in [-0.15, -0.1) is 0 Å². The Labute approximate surface area is 174 Å². The first-order valence-electron chi connectivity index (χ1n) is 9.31. The van der Waals surface area contributed by atoms with E-state index in [1.54, 1.807) is 36.4 Å². The summed E-state index contributed by atoms with van der Waals surface area (Å²) in [5.41, 5.74) is 9.11. The lowest BCUT2D eigenvalue weighted by molar-refractivity contribution is 0.0958. The molecular weight excluding hydrogens is 382 g/mol. The number of ether oxygens (including phenoxy) is 1. The maximum absolute atomic E-state index is 12.2. The minimum absolute atomic E-state index is 0.258. The van der Waals surface area contributed by atoms with Crippen LogP contribution in [0.25, 0.3) is 0 Å². The topological polar surface area (TPSA) is 104 Å². The SMILES string of the molecule is CNC(=O)c1cc(Oc2cccc(NNC(=O)Nc3cc(C)ccc3C)c2)ccn1. The van der Waals surface area contributed by atoms with Crippen molar-refractivity contribution in [3.63, 3.8) is 0 Å². The maximum atomic E-state index is 12.2. The van der Waals surface area contributed by atoms with Gasteiger partial charge in [-0.2, -0.15) is 0 Å². The van der Waals surface area contributed by atoms with Gasteiger partial charge in [-0.05, 0) is 49.2 Å². The normalized spacial score (nSPS) is 10.1. The van der Waals surface area contributed by atoms with E-state index in [4.69, 9.17) is 4.74 Å². The predicted octanol–water partition coefficient (Wildman–Crippen LogP) is 4.00. The van der Waals surface area contributed by atoms with Crippen LogP contribution in [-0.4, -0.2) is 24.0 Å². The number of carbonyl (C=O) groups excluding carboxylic acids is 2. The fourth-order valence-corrected chi connectivity index (χ4v) is 2.65. The lowest BCUT2D eigenvalue weighted by Gasteiger charge is -2.13. The smallest absolute Gasteiger partial charge is 0.337 e. The highest BCUT2D eigenvalue weighted by Gasteiger charge is 2.08. The van der Waals surface area contributed by atoms with E-state index in [2.05, 4.69) is 26.5 Å². The summed E-state index contributed by atoms with van der Waals surface area (Å²) in [6.07, 6.45) is 1.50. The molecule has 3 amide bonds. The molecule has 0 radical (unpaired) electrons.